The highest BCUT2D eigenvalue weighted by Gasteiger charge is 2.51. The molecule has 4 saturated carbocycles. The first-order valence-electron chi connectivity index (χ1n) is 9.16. The number of ether oxygens (including phenoxy) is 1. The number of rotatable bonds is 5. The fourth-order valence-electron chi connectivity index (χ4n) is 6.32. The van der Waals surface area contributed by atoms with Gasteiger partial charge in [0.05, 0.1) is 6.61 Å². The third-order valence-electron chi connectivity index (χ3n) is 6.82. The van der Waals surface area contributed by atoms with Gasteiger partial charge in [-0.3, -0.25) is 0 Å². The van der Waals surface area contributed by atoms with Gasteiger partial charge >= 0.3 is 0 Å². The monoisotopic (exact) mass is 277 g/mol. The molecule has 2 unspecified atom stereocenters. The zero-order valence-electron chi connectivity index (χ0n) is 13.0. The van der Waals surface area contributed by atoms with Crippen molar-refractivity contribution in [2.45, 2.75) is 57.9 Å². The van der Waals surface area contributed by atoms with E-state index in [1.807, 2.05) is 0 Å². The molecule has 114 valence electrons. The highest BCUT2D eigenvalue weighted by Crippen LogP contribution is 2.58. The van der Waals surface area contributed by atoms with Gasteiger partial charge in [0.1, 0.15) is 0 Å². The van der Waals surface area contributed by atoms with E-state index in [2.05, 4.69) is 12.2 Å². The van der Waals surface area contributed by atoms with E-state index < -0.39 is 0 Å². The average molecular weight is 277 g/mol. The predicted molar refractivity (Wildman–Crippen MR) is 81.5 cm³/mol. The van der Waals surface area contributed by atoms with E-state index in [4.69, 9.17) is 4.74 Å². The average Bonchev–Trinajstić information content (AvgIpc) is 2.94. The van der Waals surface area contributed by atoms with Crippen molar-refractivity contribution in [3.8, 4) is 0 Å². The van der Waals surface area contributed by atoms with Crippen LogP contribution in [-0.2, 0) is 4.74 Å². The first-order chi connectivity index (χ1) is 9.85. The van der Waals surface area contributed by atoms with Gasteiger partial charge in [-0.25, -0.2) is 0 Å². The van der Waals surface area contributed by atoms with Gasteiger partial charge in [-0.15, -0.1) is 0 Å². The number of nitrogens with one attached hydrogen (secondary N) is 1. The van der Waals surface area contributed by atoms with Crippen LogP contribution in [0.3, 0.4) is 0 Å². The summed E-state index contributed by atoms with van der Waals surface area (Å²) in [5.74, 6) is 6.05. The molecular formula is C18H31NO. The van der Waals surface area contributed by atoms with Gasteiger partial charge in [0.15, 0.2) is 0 Å². The Morgan fingerprint density at radius 1 is 1.05 bits per heavy atom. The molecule has 4 bridgehead atoms. The largest absolute Gasteiger partial charge is 0.381 e. The molecule has 2 nitrogen and oxygen atoms in total. The molecule has 2 atom stereocenters. The van der Waals surface area contributed by atoms with E-state index in [9.17, 15) is 0 Å². The molecule has 5 rings (SSSR count). The minimum Gasteiger partial charge on any atom is -0.381 e. The molecule has 0 aromatic carbocycles. The Balaban J connectivity index is 1.52. The SMILES string of the molecule is CCCNC(C1CCOC1)C1C2CC3CC(C2)CC1C3. The smallest absolute Gasteiger partial charge is 0.0510 e. The van der Waals surface area contributed by atoms with E-state index >= 15 is 0 Å². The maximum atomic E-state index is 5.72. The molecule has 1 saturated heterocycles. The topological polar surface area (TPSA) is 21.3 Å². The Morgan fingerprint density at radius 3 is 2.30 bits per heavy atom. The summed E-state index contributed by atoms with van der Waals surface area (Å²) in [6.45, 7) is 5.52. The van der Waals surface area contributed by atoms with Gasteiger partial charge in [-0.2, -0.15) is 0 Å². The highest BCUT2D eigenvalue weighted by atomic mass is 16.5. The highest BCUT2D eigenvalue weighted by molar-refractivity contribution is 5.03. The van der Waals surface area contributed by atoms with Crippen LogP contribution in [0.5, 0.6) is 0 Å². The normalized spacial score (nSPS) is 47.9. The second-order valence-corrected chi connectivity index (χ2v) is 8.11. The van der Waals surface area contributed by atoms with Gasteiger partial charge < -0.3 is 10.1 Å². The summed E-state index contributed by atoms with van der Waals surface area (Å²) < 4.78 is 5.72. The van der Waals surface area contributed by atoms with Crippen LogP contribution < -0.4 is 5.32 Å². The van der Waals surface area contributed by atoms with Crippen LogP contribution in [0.15, 0.2) is 0 Å². The summed E-state index contributed by atoms with van der Waals surface area (Å²) in [4.78, 5) is 0. The number of hydrogen-bond acceptors (Lipinski definition) is 2. The lowest BCUT2D eigenvalue weighted by molar-refractivity contribution is -0.0608. The van der Waals surface area contributed by atoms with Gasteiger partial charge in [0, 0.05) is 18.6 Å². The summed E-state index contributed by atoms with van der Waals surface area (Å²) in [6, 6.07) is 0.757. The number of hydrogen-bond donors (Lipinski definition) is 1. The molecule has 1 aliphatic heterocycles. The quantitative estimate of drug-likeness (QED) is 0.831. The zero-order chi connectivity index (χ0) is 13.5. The van der Waals surface area contributed by atoms with Crippen LogP contribution in [0.25, 0.3) is 0 Å². The van der Waals surface area contributed by atoms with Crippen molar-refractivity contribution in [2.24, 2.45) is 35.5 Å². The molecule has 2 heteroatoms. The van der Waals surface area contributed by atoms with E-state index in [0.717, 1.165) is 54.8 Å². The van der Waals surface area contributed by atoms with Crippen molar-refractivity contribution in [1.29, 1.82) is 0 Å². The molecule has 5 aliphatic rings. The minimum absolute atomic E-state index is 0.757. The van der Waals surface area contributed by atoms with Crippen molar-refractivity contribution < 1.29 is 4.74 Å². The second kappa shape index (κ2) is 5.61. The Bertz CT molecular complexity index is 308. The first kappa shape index (κ1) is 13.6. The second-order valence-electron chi connectivity index (χ2n) is 8.11. The van der Waals surface area contributed by atoms with Crippen molar-refractivity contribution in [1.82, 2.24) is 5.32 Å². The van der Waals surface area contributed by atoms with Crippen LogP contribution in [0, 0.1) is 35.5 Å². The Morgan fingerprint density at radius 2 is 1.75 bits per heavy atom. The van der Waals surface area contributed by atoms with Crippen LogP contribution >= 0.6 is 0 Å². The van der Waals surface area contributed by atoms with E-state index in [1.165, 1.54) is 19.4 Å². The lowest BCUT2D eigenvalue weighted by atomic mass is 9.49. The van der Waals surface area contributed by atoms with Crippen molar-refractivity contribution >= 4 is 0 Å². The third-order valence-corrected chi connectivity index (χ3v) is 6.82. The molecule has 0 aromatic rings. The summed E-state index contributed by atoms with van der Waals surface area (Å²) in [6.07, 6.45) is 10.3. The lowest BCUT2D eigenvalue weighted by Gasteiger charge is -2.57. The summed E-state index contributed by atoms with van der Waals surface area (Å²) in [7, 11) is 0. The summed E-state index contributed by atoms with van der Waals surface area (Å²) >= 11 is 0. The predicted octanol–water partition coefficient (Wildman–Crippen LogP) is 3.46. The maximum Gasteiger partial charge on any atom is 0.0510 e. The molecule has 0 radical (unpaired) electrons. The van der Waals surface area contributed by atoms with Crippen LogP contribution in [0.2, 0.25) is 0 Å². The molecule has 5 fully saturated rings. The van der Waals surface area contributed by atoms with Crippen LogP contribution in [0.1, 0.15) is 51.9 Å². The summed E-state index contributed by atoms with van der Waals surface area (Å²) in [5.41, 5.74) is 0. The van der Waals surface area contributed by atoms with Gasteiger partial charge in [0.25, 0.3) is 0 Å². The minimum atomic E-state index is 0.757. The molecule has 0 spiro atoms. The summed E-state index contributed by atoms with van der Waals surface area (Å²) in [5, 5.41) is 3.96. The van der Waals surface area contributed by atoms with Crippen LogP contribution in [-0.4, -0.2) is 25.8 Å². The van der Waals surface area contributed by atoms with Gasteiger partial charge in [-0.1, -0.05) is 6.92 Å². The molecule has 1 N–H and O–H groups in total. The third kappa shape index (κ3) is 2.33. The van der Waals surface area contributed by atoms with Gasteiger partial charge in [0.2, 0.25) is 0 Å². The van der Waals surface area contributed by atoms with E-state index in [1.54, 1.807) is 32.1 Å². The van der Waals surface area contributed by atoms with Crippen molar-refractivity contribution in [3.05, 3.63) is 0 Å². The lowest BCUT2D eigenvalue weighted by Crippen LogP contribution is -2.55. The van der Waals surface area contributed by atoms with E-state index in [0.29, 0.717) is 0 Å². The van der Waals surface area contributed by atoms with E-state index in [-0.39, 0.29) is 0 Å². The fourth-order valence-corrected chi connectivity index (χ4v) is 6.32. The van der Waals surface area contributed by atoms with Crippen molar-refractivity contribution in [3.63, 3.8) is 0 Å². The maximum absolute atomic E-state index is 5.72. The molecule has 1 heterocycles. The standard InChI is InChI=1S/C18H31NO/c1-2-4-19-18(14-3-5-20-11-14)17-15-7-12-6-13(9-15)10-16(17)8-12/h12-19H,2-11H2,1H3. The zero-order valence-corrected chi connectivity index (χ0v) is 13.0. The molecule has 0 amide bonds. The first-order valence-corrected chi connectivity index (χ1v) is 9.16. The molecule has 20 heavy (non-hydrogen) atoms. The molecular weight excluding hydrogens is 246 g/mol. The fraction of sp³-hybridized carbons (Fsp3) is 1.00. The van der Waals surface area contributed by atoms with Gasteiger partial charge in [-0.05, 0) is 81.1 Å². The Hall–Kier alpha value is -0.0800. The molecule has 4 aliphatic carbocycles. The Labute approximate surface area is 124 Å². The van der Waals surface area contributed by atoms with Crippen molar-refractivity contribution in [2.75, 3.05) is 19.8 Å². The Kier molecular flexibility index (Phi) is 3.80. The molecule has 0 aromatic heterocycles. The van der Waals surface area contributed by atoms with Crippen LogP contribution in [0.4, 0.5) is 0 Å².